The minimum atomic E-state index is -1.14. The Hall–Kier alpha value is -2.44. The van der Waals surface area contributed by atoms with Gasteiger partial charge in [0.2, 0.25) is 0 Å². The van der Waals surface area contributed by atoms with Crippen LogP contribution in [0.5, 0.6) is 0 Å². The van der Waals surface area contributed by atoms with Crippen LogP contribution in [0.2, 0.25) is 0 Å². The van der Waals surface area contributed by atoms with Crippen molar-refractivity contribution in [3.8, 4) is 0 Å². The molecule has 1 rings (SSSR count). The first-order valence-electron chi connectivity index (χ1n) is 4.70. The molecule has 1 aromatic rings. The lowest BCUT2D eigenvalue weighted by Gasteiger charge is -2.13. The molecule has 17 heavy (non-hydrogen) atoms. The summed E-state index contributed by atoms with van der Waals surface area (Å²) in [6.45, 7) is -0.929. The maximum atomic E-state index is 10.5. The highest BCUT2D eigenvalue weighted by Crippen LogP contribution is 1.94. The van der Waals surface area contributed by atoms with E-state index in [4.69, 9.17) is 10.2 Å². The molecule has 0 aromatic carbocycles. The number of rotatable bonds is 6. The molecule has 1 aromatic heterocycles. The standard InChI is InChI=1S/C10H11N3O4/c14-9(15)6-13(7-10(16)17)12-5-8-1-3-11-4-2-8/h1-5H,6-7H2,(H,14,15)(H,16,17). The quantitative estimate of drug-likeness (QED) is 0.528. The summed E-state index contributed by atoms with van der Waals surface area (Å²) in [6, 6.07) is 3.34. The molecule has 0 spiro atoms. The first-order valence-corrected chi connectivity index (χ1v) is 4.70. The van der Waals surface area contributed by atoms with Crippen LogP contribution in [0.1, 0.15) is 5.56 Å². The fourth-order valence-corrected chi connectivity index (χ4v) is 1.05. The molecule has 0 fully saturated rings. The normalized spacial score (nSPS) is 10.4. The van der Waals surface area contributed by atoms with Crippen molar-refractivity contribution in [1.29, 1.82) is 0 Å². The molecule has 0 atom stereocenters. The third-order valence-electron chi connectivity index (χ3n) is 1.71. The zero-order valence-corrected chi connectivity index (χ0v) is 8.85. The van der Waals surface area contributed by atoms with Crippen molar-refractivity contribution in [2.45, 2.75) is 0 Å². The molecule has 0 aliphatic heterocycles. The van der Waals surface area contributed by atoms with Gasteiger partial charge in [-0.25, -0.2) is 0 Å². The second-order valence-electron chi connectivity index (χ2n) is 3.14. The van der Waals surface area contributed by atoms with Gasteiger partial charge < -0.3 is 10.2 Å². The summed E-state index contributed by atoms with van der Waals surface area (Å²) in [6.07, 6.45) is 4.49. The van der Waals surface area contributed by atoms with Crippen LogP contribution in [0.3, 0.4) is 0 Å². The monoisotopic (exact) mass is 237 g/mol. The SMILES string of the molecule is O=C(O)CN(CC(=O)O)N=Cc1ccncc1. The maximum Gasteiger partial charge on any atom is 0.324 e. The van der Waals surface area contributed by atoms with Crippen molar-refractivity contribution in [2.24, 2.45) is 5.10 Å². The van der Waals surface area contributed by atoms with Gasteiger partial charge in [-0.15, -0.1) is 0 Å². The molecule has 0 saturated carbocycles. The van der Waals surface area contributed by atoms with Crippen LogP contribution in [0, 0.1) is 0 Å². The third-order valence-corrected chi connectivity index (χ3v) is 1.71. The second kappa shape index (κ2) is 6.21. The summed E-state index contributed by atoms with van der Waals surface area (Å²) in [5, 5.41) is 21.9. The molecule has 90 valence electrons. The van der Waals surface area contributed by atoms with Gasteiger partial charge in [-0.05, 0) is 17.7 Å². The van der Waals surface area contributed by atoms with Crippen LogP contribution >= 0.6 is 0 Å². The highest BCUT2D eigenvalue weighted by Gasteiger charge is 2.10. The molecule has 0 amide bonds. The van der Waals surface area contributed by atoms with E-state index in [0.29, 0.717) is 5.56 Å². The number of hydrogen-bond donors (Lipinski definition) is 2. The third kappa shape index (κ3) is 5.26. The number of nitrogens with zero attached hydrogens (tertiary/aromatic N) is 3. The number of hydrogen-bond acceptors (Lipinski definition) is 5. The van der Waals surface area contributed by atoms with Crippen LogP contribution in [-0.4, -0.2) is 51.4 Å². The van der Waals surface area contributed by atoms with Gasteiger partial charge in [0.25, 0.3) is 0 Å². The minimum absolute atomic E-state index is 0.464. The first-order chi connectivity index (χ1) is 8.08. The average molecular weight is 237 g/mol. The highest BCUT2D eigenvalue weighted by molar-refractivity contribution is 5.79. The minimum Gasteiger partial charge on any atom is -0.480 e. The number of aromatic nitrogens is 1. The van der Waals surface area contributed by atoms with Crippen molar-refractivity contribution < 1.29 is 19.8 Å². The van der Waals surface area contributed by atoms with Crippen LogP contribution in [0.25, 0.3) is 0 Å². The lowest BCUT2D eigenvalue weighted by Crippen LogP contribution is -2.30. The van der Waals surface area contributed by atoms with Crippen LogP contribution in [0.4, 0.5) is 0 Å². The molecular formula is C10H11N3O4. The fourth-order valence-electron chi connectivity index (χ4n) is 1.05. The van der Waals surface area contributed by atoms with E-state index in [1.54, 1.807) is 24.5 Å². The summed E-state index contributed by atoms with van der Waals surface area (Å²) in [5.41, 5.74) is 0.709. The molecule has 7 nitrogen and oxygen atoms in total. The molecule has 2 N–H and O–H groups in total. The van der Waals surface area contributed by atoms with Crippen molar-refractivity contribution >= 4 is 18.2 Å². The number of aliphatic carboxylic acids is 2. The molecule has 0 bridgehead atoms. The van der Waals surface area contributed by atoms with Gasteiger partial charge in [0.15, 0.2) is 0 Å². The fraction of sp³-hybridized carbons (Fsp3) is 0.200. The predicted octanol–water partition coefficient (Wildman–Crippen LogP) is -0.113. The zero-order valence-electron chi connectivity index (χ0n) is 8.85. The van der Waals surface area contributed by atoms with Crippen LogP contribution < -0.4 is 0 Å². The van der Waals surface area contributed by atoms with Crippen molar-refractivity contribution in [2.75, 3.05) is 13.1 Å². The van der Waals surface area contributed by atoms with Gasteiger partial charge in [0.05, 0.1) is 6.21 Å². The van der Waals surface area contributed by atoms with E-state index < -0.39 is 25.0 Å². The molecule has 0 aliphatic carbocycles. The van der Waals surface area contributed by atoms with E-state index in [9.17, 15) is 9.59 Å². The molecule has 1 heterocycles. The van der Waals surface area contributed by atoms with Gasteiger partial charge in [-0.2, -0.15) is 5.10 Å². The average Bonchev–Trinajstić information content (AvgIpc) is 2.26. The zero-order chi connectivity index (χ0) is 12.7. The second-order valence-corrected chi connectivity index (χ2v) is 3.14. The molecule has 0 radical (unpaired) electrons. The maximum absolute atomic E-state index is 10.5. The summed E-state index contributed by atoms with van der Waals surface area (Å²) < 4.78 is 0. The lowest BCUT2D eigenvalue weighted by molar-refractivity contribution is -0.141. The Morgan fingerprint density at radius 2 is 1.76 bits per heavy atom. The van der Waals surface area contributed by atoms with Crippen LogP contribution in [-0.2, 0) is 9.59 Å². The van der Waals surface area contributed by atoms with E-state index >= 15 is 0 Å². The smallest absolute Gasteiger partial charge is 0.324 e. The van der Waals surface area contributed by atoms with Crippen molar-refractivity contribution in [3.05, 3.63) is 30.1 Å². The Bertz CT molecular complexity index is 403. The van der Waals surface area contributed by atoms with Crippen molar-refractivity contribution in [3.63, 3.8) is 0 Å². The number of carbonyl (C=O) groups is 2. The number of carboxylic acids is 2. The molecule has 0 aliphatic rings. The Morgan fingerprint density at radius 1 is 1.24 bits per heavy atom. The summed E-state index contributed by atoms with van der Waals surface area (Å²) in [7, 11) is 0. The highest BCUT2D eigenvalue weighted by atomic mass is 16.4. The Labute approximate surface area is 97.0 Å². The lowest BCUT2D eigenvalue weighted by atomic mass is 10.3. The van der Waals surface area contributed by atoms with E-state index in [1.807, 2.05) is 0 Å². The van der Waals surface area contributed by atoms with Crippen molar-refractivity contribution in [1.82, 2.24) is 9.99 Å². The Morgan fingerprint density at radius 3 is 2.24 bits per heavy atom. The molecule has 7 heteroatoms. The molecule has 0 unspecified atom stereocenters. The summed E-state index contributed by atoms with van der Waals surface area (Å²) >= 11 is 0. The summed E-state index contributed by atoms with van der Waals surface area (Å²) in [4.78, 5) is 24.8. The van der Waals surface area contributed by atoms with Gasteiger partial charge >= 0.3 is 11.9 Å². The summed E-state index contributed by atoms with van der Waals surface area (Å²) in [5.74, 6) is -2.28. The van der Waals surface area contributed by atoms with Gasteiger partial charge in [0, 0.05) is 12.4 Å². The largest absolute Gasteiger partial charge is 0.480 e. The van der Waals surface area contributed by atoms with E-state index in [0.717, 1.165) is 5.01 Å². The molecule has 0 saturated heterocycles. The number of carboxylic acid groups (broad SMARTS) is 2. The Kier molecular flexibility index (Phi) is 4.61. The van der Waals surface area contributed by atoms with E-state index in [-0.39, 0.29) is 0 Å². The van der Waals surface area contributed by atoms with E-state index in [1.165, 1.54) is 6.21 Å². The van der Waals surface area contributed by atoms with E-state index in [2.05, 4.69) is 10.1 Å². The number of pyridine rings is 1. The molecular weight excluding hydrogens is 226 g/mol. The van der Waals surface area contributed by atoms with Gasteiger partial charge in [0.1, 0.15) is 13.1 Å². The number of hydrazone groups is 1. The Balaban J connectivity index is 2.68. The van der Waals surface area contributed by atoms with Crippen LogP contribution in [0.15, 0.2) is 29.6 Å². The predicted molar refractivity (Wildman–Crippen MR) is 58.7 cm³/mol. The van der Waals surface area contributed by atoms with Gasteiger partial charge in [-0.3, -0.25) is 19.6 Å². The first kappa shape index (κ1) is 12.6. The van der Waals surface area contributed by atoms with Gasteiger partial charge in [-0.1, -0.05) is 0 Å². The topological polar surface area (TPSA) is 103 Å².